The van der Waals surface area contributed by atoms with Crippen molar-refractivity contribution < 1.29 is 23.2 Å². The van der Waals surface area contributed by atoms with Crippen LogP contribution in [-0.4, -0.2) is 27.9 Å². The maximum absolute atomic E-state index is 12.5. The molecule has 0 radical (unpaired) electrons. The van der Waals surface area contributed by atoms with Gasteiger partial charge < -0.3 is 8.83 Å². The Labute approximate surface area is 159 Å². The van der Waals surface area contributed by atoms with Gasteiger partial charge in [-0.2, -0.15) is 0 Å². The number of furan rings is 1. The van der Waals surface area contributed by atoms with Crippen LogP contribution in [0.15, 0.2) is 39.2 Å². The highest BCUT2D eigenvalue weighted by Gasteiger charge is 2.30. The Hall–Kier alpha value is -3.75. The Morgan fingerprint density at radius 1 is 1.07 bits per heavy atom. The summed E-state index contributed by atoms with van der Waals surface area (Å²) in [7, 11) is 0. The number of carbonyl (C=O) groups excluding carboxylic acids is 3. The van der Waals surface area contributed by atoms with Crippen LogP contribution < -0.4 is 10.2 Å². The number of aryl methyl sites for hydroxylation is 2. The molecular formula is C19H16N4O5. The smallest absolute Gasteiger partial charge is 0.322 e. The van der Waals surface area contributed by atoms with Gasteiger partial charge in [0.25, 0.3) is 11.8 Å². The van der Waals surface area contributed by atoms with Gasteiger partial charge in [0, 0.05) is 18.4 Å². The number of nitrogens with zero attached hydrogens (tertiary/aromatic N) is 3. The topological polar surface area (TPSA) is 119 Å². The van der Waals surface area contributed by atoms with E-state index in [1.807, 2.05) is 0 Å². The zero-order valence-electron chi connectivity index (χ0n) is 15.2. The Kier molecular flexibility index (Phi) is 4.26. The van der Waals surface area contributed by atoms with E-state index >= 15 is 0 Å². The van der Waals surface area contributed by atoms with Crippen molar-refractivity contribution >= 4 is 29.4 Å². The number of benzene rings is 1. The summed E-state index contributed by atoms with van der Waals surface area (Å²) in [5, 5.41) is 10.3. The second-order valence-electron chi connectivity index (χ2n) is 6.37. The second kappa shape index (κ2) is 6.76. The van der Waals surface area contributed by atoms with Crippen LogP contribution in [-0.2, 0) is 9.59 Å². The number of imide groups is 1. The molecule has 2 aromatic heterocycles. The molecule has 1 N–H and O–H groups in total. The van der Waals surface area contributed by atoms with Crippen molar-refractivity contribution in [1.29, 1.82) is 0 Å². The normalized spacial score (nSPS) is 14.0. The number of hydrogen-bond donors (Lipinski definition) is 1. The van der Waals surface area contributed by atoms with Crippen LogP contribution in [0.4, 0.5) is 11.7 Å². The number of carbonyl (C=O) groups is 3. The van der Waals surface area contributed by atoms with Crippen molar-refractivity contribution in [3.63, 3.8) is 0 Å². The molecule has 0 atom stereocenters. The third-order valence-electron chi connectivity index (χ3n) is 4.33. The lowest BCUT2D eigenvalue weighted by molar-refractivity contribution is -0.121. The summed E-state index contributed by atoms with van der Waals surface area (Å²) in [6.45, 7) is 3.58. The third-order valence-corrected chi connectivity index (χ3v) is 4.33. The molecule has 1 aromatic carbocycles. The highest BCUT2D eigenvalue weighted by atomic mass is 16.4. The van der Waals surface area contributed by atoms with E-state index in [0.29, 0.717) is 22.8 Å². The van der Waals surface area contributed by atoms with E-state index in [2.05, 4.69) is 15.5 Å². The van der Waals surface area contributed by atoms with Gasteiger partial charge in [-0.3, -0.25) is 24.6 Å². The minimum absolute atomic E-state index is 0.0722. The first kappa shape index (κ1) is 17.7. The molecule has 1 fully saturated rings. The number of amides is 3. The van der Waals surface area contributed by atoms with E-state index in [0.717, 1.165) is 4.90 Å². The van der Waals surface area contributed by atoms with Gasteiger partial charge in [0.05, 0.1) is 11.3 Å². The number of hydrogen-bond acceptors (Lipinski definition) is 7. The zero-order chi connectivity index (χ0) is 19.8. The third kappa shape index (κ3) is 3.18. The van der Waals surface area contributed by atoms with Crippen molar-refractivity contribution in [2.45, 2.75) is 26.7 Å². The first-order chi connectivity index (χ1) is 13.4. The monoisotopic (exact) mass is 380 g/mol. The van der Waals surface area contributed by atoms with Crippen molar-refractivity contribution in [2.24, 2.45) is 0 Å². The number of rotatable bonds is 4. The fourth-order valence-electron chi connectivity index (χ4n) is 3.05. The summed E-state index contributed by atoms with van der Waals surface area (Å²) in [6.07, 6.45) is 0.347. The number of aromatic nitrogens is 2. The molecule has 4 rings (SSSR count). The molecule has 1 aliphatic heterocycles. The standard InChI is InChI=1S/C19H16N4O5/c1-10-8-14(11(2)27-10)18-21-22-19(28-18)20-17(26)12-4-3-5-13(9-12)23-15(24)6-7-16(23)25/h3-5,8-9H,6-7H2,1-2H3,(H,20,22,26). The summed E-state index contributed by atoms with van der Waals surface area (Å²) in [5.41, 5.74) is 1.26. The van der Waals surface area contributed by atoms with E-state index in [1.54, 1.807) is 38.1 Å². The Bertz CT molecular complexity index is 1080. The maximum atomic E-state index is 12.5. The molecule has 9 heteroatoms. The molecule has 28 heavy (non-hydrogen) atoms. The summed E-state index contributed by atoms with van der Waals surface area (Å²) >= 11 is 0. The molecule has 0 spiro atoms. The summed E-state index contributed by atoms with van der Waals surface area (Å²) in [4.78, 5) is 37.4. The highest BCUT2D eigenvalue weighted by molar-refractivity contribution is 6.20. The van der Waals surface area contributed by atoms with Gasteiger partial charge in [-0.05, 0) is 38.1 Å². The number of nitrogens with one attached hydrogen (secondary N) is 1. The number of anilines is 2. The molecule has 0 unspecified atom stereocenters. The Morgan fingerprint density at radius 3 is 2.50 bits per heavy atom. The predicted octanol–water partition coefficient (Wildman–Crippen LogP) is 2.85. The van der Waals surface area contributed by atoms with Crippen molar-refractivity contribution in [3.05, 3.63) is 47.4 Å². The molecule has 0 bridgehead atoms. The lowest BCUT2D eigenvalue weighted by atomic mass is 10.2. The van der Waals surface area contributed by atoms with Crippen LogP contribution in [0, 0.1) is 13.8 Å². The molecule has 3 heterocycles. The molecule has 1 saturated heterocycles. The molecule has 0 aliphatic carbocycles. The van der Waals surface area contributed by atoms with Gasteiger partial charge in [-0.1, -0.05) is 11.2 Å². The molecule has 3 aromatic rings. The van der Waals surface area contributed by atoms with E-state index < -0.39 is 5.91 Å². The molecule has 3 amide bonds. The summed E-state index contributed by atoms with van der Waals surface area (Å²) < 4.78 is 10.9. The Morgan fingerprint density at radius 2 is 1.82 bits per heavy atom. The predicted molar refractivity (Wildman–Crippen MR) is 97.6 cm³/mol. The quantitative estimate of drug-likeness (QED) is 0.691. The van der Waals surface area contributed by atoms with E-state index in [1.165, 1.54) is 6.07 Å². The van der Waals surface area contributed by atoms with Gasteiger partial charge in [0.15, 0.2) is 0 Å². The van der Waals surface area contributed by atoms with Gasteiger partial charge in [-0.15, -0.1) is 5.10 Å². The van der Waals surface area contributed by atoms with Crippen LogP contribution >= 0.6 is 0 Å². The van der Waals surface area contributed by atoms with Gasteiger partial charge in [0.1, 0.15) is 11.5 Å². The SMILES string of the molecule is Cc1cc(-c2nnc(NC(=O)c3cccc(N4C(=O)CCC4=O)c3)o2)c(C)o1. The molecule has 1 aliphatic rings. The van der Waals surface area contributed by atoms with E-state index in [9.17, 15) is 14.4 Å². The lowest BCUT2D eigenvalue weighted by Gasteiger charge is -2.14. The van der Waals surface area contributed by atoms with E-state index in [4.69, 9.17) is 8.83 Å². The second-order valence-corrected chi connectivity index (χ2v) is 6.37. The molecule has 9 nitrogen and oxygen atoms in total. The first-order valence-electron chi connectivity index (χ1n) is 8.60. The summed E-state index contributed by atoms with van der Waals surface area (Å²) in [6, 6.07) is 7.92. The van der Waals surface area contributed by atoms with Crippen LogP contribution in [0.1, 0.15) is 34.7 Å². The molecule has 142 valence electrons. The van der Waals surface area contributed by atoms with E-state index in [-0.39, 0.29) is 42.1 Å². The Balaban J connectivity index is 1.53. The van der Waals surface area contributed by atoms with Crippen molar-refractivity contribution in [1.82, 2.24) is 10.2 Å². The van der Waals surface area contributed by atoms with Crippen LogP contribution in [0.3, 0.4) is 0 Å². The fourth-order valence-corrected chi connectivity index (χ4v) is 3.05. The highest BCUT2D eigenvalue weighted by Crippen LogP contribution is 2.27. The van der Waals surface area contributed by atoms with Gasteiger partial charge in [0.2, 0.25) is 11.8 Å². The first-order valence-corrected chi connectivity index (χ1v) is 8.60. The largest absolute Gasteiger partial charge is 0.466 e. The minimum atomic E-state index is -0.503. The molecule has 0 saturated carbocycles. The van der Waals surface area contributed by atoms with Crippen molar-refractivity contribution in [2.75, 3.05) is 10.2 Å². The van der Waals surface area contributed by atoms with Crippen LogP contribution in [0.25, 0.3) is 11.5 Å². The van der Waals surface area contributed by atoms with Gasteiger partial charge >= 0.3 is 6.01 Å². The average Bonchev–Trinajstić information content (AvgIpc) is 3.34. The molecular weight excluding hydrogens is 364 g/mol. The minimum Gasteiger partial charge on any atom is -0.466 e. The maximum Gasteiger partial charge on any atom is 0.322 e. The lowest BCUT2D eigenvalue weighted by Crippen LogP contribution is -2.28. The average molecular weight is 380 g/mol. The van der Waals surface area contributed by atoms with Crippen molar-refractivity contribution in [3.8, 4) is 11.5 Å². The summed E-state index contributed by atoms with van der Waals surface area (Å²) in [5.74, 6) is 0.499. The van der Waals surface area contributed by atoms with Crippen LogP contribution in [0.5, 0.6) is 0 Å². The van der Waals surface area contributed by atoms with Crippen LogP contribution in [0.2, 0.25) is 0 Å². The van der Waals surface area contributed by atoms with Gasteiger partial charge in [-0.25, -0.2) is 0 Å². The zero-order valence-corrected chi connectivity index (χ0v) is 15.2. The fraction of sp³-hybridized carbons (Fsp3) is 0.211.